The number of benzene rings is 1. The summed E-state index contributed by atoms with van der Waals surface area (Å²) in [6.07, 6.45) is -0.167. The third-order valence-corrected chi connectivity index (χ3v) is 4.39. The molecule has 1 aromatic carbocycles. The maximum atomic E-state index is 11.4. The van der Waals surface area contributed by atoms with Crippen LogP contribution in [0.3, 0.4) is 0 Å². The second-order valence-corrected chi connectivity index (χ2v) is 11.6. The highest BCUT2D eigenvalue weighted by molar-refractivity contribution is 7.14. The Labute approximate surface area is 141 Å². The highest BCUT2D eigenvalue weighted by Gasteiger charge is 2.09. The van der Waals surface area contributed by atoms with Crippen LogP contribution in [0.25, 0.3) is 11.3 Å². The molecule has 0 saturated heterocycles. The molecule has 1 amide bonds. The van der Waals surface area contributed by atoms with Crippen molar-refractivity contribution in [3.63, 3.8) is 0 Å². The molecule has 0 bridgehead atoms. The highest BCUT2D eigenvalue weighted by Crippen LogP contribution is 2.25. The summed E-state index contributed by atoms with van der Waals surface area (Å²) in [5.41, 5.74) is 6.10. The number of thiazole rings is 1. The van der Waals surface area contributed by atoms with Gasteiger partial charge in [-0.05, 0) is 12.1 Å². The second kappa shape index (κ2) is 7.23. The Morgan fingerprint density at radius 1 is 1.30 bits per heavy atom. The predicted molar refractivity (Wildman–Crippen MR) is 96.6 cm³/mol. The third kappa shape index (κ3) is 5.37. The molecule has 0 atom stereocenters. The fourth-order valence-corrected chi connectivity index (χ4v) is 2.94. The number of hydrogen-bond acceptors (Lipinski definition) is 4. The number of nitrogens with zero attached hydrogens (tertiary/aromatic N) is 2. The maximum absolute atomic E-state index is 11.4. The Morgan fingerprint density at radius 3 is 2.61 bits per heavy atom. The van der Waals surface area contributed by atoms with Gasteiger partial charge in [-0.2, -0.15) is 5.26 Å². The van der Waals surface area contributed by atoms with E-state index >= 15 is 0 Å². The molecule has 6 heteroatoms. The van der Waals surface area contributed by atoms with Gasteiger partial charge in [0.1, 0.15) is 14.5 Å². The summed E-state index contributed by atoms with van der Waals surface area (Å²) in [5, 5.41) is 13.5. The van der Waals surface area contributed by atoms with Gasteiger partial charge in [0.2, 0.25) is 5.91 Å². The Kier molecular flexibility index (Phi) is 5.33. The molecule has 0 aliphatic heterocycles. The monoisotopic (exact) mass is 339 g/mol. The molecule has 0 aliphatic carbocycles. The highest BCUT2D eigenvalue weighted by atomic mass is 32.1. The van der Waals surface area contributed by atoms with Crippen molar-refractivity contribution >= 4 is 30.4 Å². The van der Waals surface area contributed by atoms with Crippen LogP contribution < -0.4 is 5.32 Å². The van der Waals surface area contributed by atoms with Crippen LogP contribution >= 0.6 is 11.3 Å². The molecule has 0 unspecified atom stereocenters. The van der Waals surface area contributed by atoms with Gasteiger partial charge in [-0.15, -0.1) is 16.9 Å². The summed E-state index contributed by atoms with van der Waals surface area (Å²) in [6.45, 7) is 6.64. The minimum atomic E-state index is -1.37. The number of nitriles is 1. The van der Waals surface area contributed by atoms with Crippen molar-refractivity contribution in [2.24, 2.45) is 0 Å². The lowest BCUT2D eigenvalue weighted by atomic mass is 10.1. The Bertz CT molecular complexity index is 801. The van der Waals surface area contributed by atoms with Crippen molar-refractivity contribution in [2.75, 3.05) is 5.32 Å². The van der Waals surface area contributed by atoms with Crippen molar-refractivity contribution in [3.05, 3.63) is 35.2 Å². The van der Waals surface area contributed by atoms with Gasteiger partial charge in [-0.1, -0.05) is 37.7 Å². The lowest BCUT2D eigenvalue weighted by Gasteiger charge is -2.03. The molecular weight excluding hydrogens is 322 g/mol. The number of carbonyl (C=O) groups is 1. The third-order valence-electron chi connectivity index (χ3n) is 2.75. The quantitative estimate of drug-likeness (QED) is 0.681. The predicted octanol–water partition coefficient (Wildman–Crippen LogP) is 3.89. The zero-order valence-electron chi connectivity index (χ0n) is 13.3. The molecular formula is C17H17N3OSSi. The van der Waals surface area contributed by atoms with Crippen LogP contribution in [0.2, 0.25) is 19.6 Å². The van der Waals surface area contributed by atoms with Gasteiger partial charge in [0.05, 0.1) is 11.8 Å². The zero-order chi connectivity index (χ0) is 16.9. The molecule has 0 saturated carbocycles. The van der Waals surface area contributed by atoms with Crippen LogP contribution in [-0.4, -0.2) is 19.0 Å². The Morgan fingerprint density at radius 2 is 2.00 bits per heavy atom. The number of hydrogen-bond donors (Lipinski definition) is 1. The molecule has 0 fully saturated rings. The van der Waals surface area contributed by atoms with E-state index in [1.54, 1.807) is 0 Å². The Hall–Kier alpha value is -2.41. The van der Waals surface area contributed by atoms with Crippen LogP contribution in [0, 0.1) is 22.8 Å². The summed E-state index contributed by atoms with van der Waals surface area (Å²) in [5.74, 6) is 2.87. The summed E-state index contributed by atoms with van der Waals surface area (Å²) >= 11 is 1.34. The van der Waals surface area contributed by atoms with Crippen molar-refractivity contribution in [1.82, 2.24) is 4.98 Å². The number of rotatable bonds is 3. The van der Waals surface area contributed by atoms with E-state index in [-0.39, 0.29) is 12.3 Å². The van der Waals surface area contributed by atoms with E-state index in [9.17, 15) is 4.79 Å². The first kappa shape index (κ1) is 16.9. The zero-order valence-corrected chi connectivity index (χ0v) is 15.1. The molecule has 4 nitrogen and oxygen atoms in total. The molecule has 1 aromatic heterocycles. The smallest absolute Gasteiger partial charge is 0.240 e. The number of aromatic nitrogens is 1. The first-order valence-corrected chi connectivity index (χ1v) is 11.5. The van der Waals surface area contributed by atoms with E-state index in [0.29, 0.717) is 5.13 Å². The summed E-state index contributed by atoms with van der Waals surface area (Å²) in [6, 6.07) is 9.73. The van der Waals surface area contributed by atoms with Crippen LogP contribution in [-0.2, 0) is 4.79 Å². The van der Waals surface area contributed by atoms with E-state index in [1.165, 1.54) is 11.3 Å². The molecule has 2 rings (SSSR count). The molecule has 0 spiro atoms. The minimum absolute atomic E-state index is 0.167. The standard InChI is InChI=1S/C17H17N3OSSi/c1-23(2,3)11-9-13-4-6-14(7-5-13)15-12-22-17(19-15)20-16(21)8-10-18/h4-7,12H,8H2,1-3H3,(H,19,20,21). The van der Waals surface area contributed by atoms with Crippen LogP contribution in [0.1, 0.15) is 12.0 Å². The van der Waals surface area contributed by atoms with E-state index < -0.39 is 8.07 Å². The lowest BCUT2D eigenvalue weighted by Crippen LogP contribution is -2.16. The van der Waals surface area contributed by atoms with Gasteiger partial charge in [0.25, 0.3) is 0 Å². The largest absolute Gasteiger partial charge is 0.301 e. The SMILES string of the molecule is C[Si](C)(C)C#Cc1ccc(-c2csc(NC(=O)CC#N)n2)cc1. The number of anilines is 1. The van der Waals surface area contributed by atoms with Gasteiger partial charge in [0.15, 0.2) is 5.13 Å². The maximum Gasteiger partial charge on any atom is 0.240 e. The minimum Gasteiger partial charge on any atom is -0.301 e. The van der Waals surface area contributed by atoms with Crippen molar-refractivity contribution in [2.45, 2.75) is 26.1 Å². The molecule has 0 aliphatic rings. The first-order valence-electron chi connectivity index (χ1n) is 7.13. The van der Waals surface area contributed by atoms with E-state index in [2.05, 4.69) is 41.4 Å². The second-order valence-electron chi connectivity index (χ2n) is 6.00. The fraction of sp³-hybridized carbons (Fsp3) is 0.235. The van der Waals surface area contributed by atoms with Crippen molar-refractivity contribution in [1.29, 1.82) is 5.26 Å². The molecule has 2 aromatic rings. The average Bonchev–Trinajstić information content (AvgIpc) is 2.93. The molecule has 23 heavy (non-hydrogen) atoms. The van der Waals surface area contributed by atoms with Gasteiger partial charge in [-0.25, -0.2) is 4.98 Å². The van der Waals surface area contributed by atoms with Gasteiger partial charge >= 0.3 is 0 Å². The van der Waals surface area contributed by atoms with Gasteiger partial charge in [0, 0.05) is 16.5 Å². The van der Waals surface area contributed by atoms with E-state index in [4.69, 9.17) is 5.26 Å². The average molecular weight is 339 g/mol. The lowest BCUT2D eigenvalue weighted by molar-refractivity contribution is -0.115. The van der Waals surface area contributed by atoms with Crippen molar-refractivity contribution in [3.8, 4) is 28.8 Å². The summed E-state index contributed by atoms with van der Waals surface area (Å²) < 4.78 is 0. The van der Waals surface area contributed by atoms with Crippen LogP contribution in [0.4, 0.5) is 5.13 Å². The van der Waals surface area contributed by atoms with E-state index in [1.807, 2.05) is 35.7 Å². The molecule has 0 radical (unpaired) electrons. The number of carbonyl (C=O) groups excluding carboxylic acids is 1. The topological polar surface area (TPSA) is 65.8 Å². The van der Waals surface area contributed by atoms with Crippen molar-refractivity contribution < 1.29 is 4.79 Å². The van der Waals surface area contributed by atoms with Gasteiger partial charge < -0.3 is 5.32 Å². The van der Waals surface area contributed by atoms with Crippen LogP contribution in [0.5, 0.6) is 0 Å². The Balaban J connectivity index is 2.11. The normalized spacial score (nSPS) is 10.3. The molecule has 1 N–H and O–H groups in total. The first-order chi connectivity index (χ1) is 10.9. The summed E-state index contributed by atoms with van der Waals surface area (Å²) in [7, 11) is -1.37. The van der Waals surface area contributed by atoms with E-state index in [0.717, 1.165) is 16.8 Å². The fourth-order valence-electron chi connectivity index (χ4n) is 1.68. The molecule has 116 valence electrons. The number of nitrogens with one attached hydrogen (secondary N) is 1. The molecule has 1 heterocycles. The van der Waals surface area contributed by atoms with Gasteiger partial charge in [-0.3, -0.25) is 4.79 Å². The number of amides is 1. The van der Waals surface area contributed by atoms with Crippen LogP contribution in [0.15, 0.2) is 29.6 Å². The summed E-state index contributed by atoms with van der Waals surface area (Å²) in [4.78, 5) is 15.7.